The fraction of sp³-hybridized carbons (Fsp3) is 0.600. The van der Waals surface area contributed by atoms with Gasteiger partial charge in [0.2, 0.25) is 5.91 Å². The predicted molar refractivity (Wildman–Crippen MR) is 100 cm³/mol. The second kappa shape index (κ2) is 6.94. The van der Waals surface area contributed by atoms with Crippen LogP contribution in [0.4, 0.5) is 0 Å². The summed E-state index contributed by atoms with van der Waals surface area (Å²) in [4.78, 5) is 32.3. The van der Waals surface area contributed by atoms with E-state index in [2.05, 4.69) is 22.4 Å². The molecule has 2 aromatic rings. The van der Waals surface area contributed by atoms with E-state index >= 15 is 0 Å². The number of rotatable bonds is 5. The quantitative estimate of drug-likeness (QED) is 0.874. The van der Waals surface area contributed by atoms with Gasteiger partial charge in [0.1, 0.15) is 6.04 Å². The molecule has 4 rings (SSSR count). The van der Waals surface area contributed by atoms with Crippen LogP contribution in [-0.2, 0) is 11.2 Å². The molecule has 0 aromatic carbocycles. The van der Waals surface area contributed by atoms with Crippen LogP contribution in [0.5, 0.6) is 0 Å². The number of amides is 2. The van der Waals surface area contributed by atoms with Gasteiger partial charge in [-0.3, -0.25) is 9.59 Å². The molecule has 1 aliphatic heterocycles. The van der Waals surface area contributed by atoms with Gasteiger partial charge in [0, 0.05) is 24.7 Å². The smallest absolute Gasteiger partial charge is 0.259 e. The number of carbonyl (C=O) groups excluding carboxylic acids is 2. The number of nitrogens with zero attached hydrogens (tertiary/aromatic N) is 3. The topological polar surface area (TPSA) is 88.3 Å². The monoisotopic (exact) mass is 370 g/mol. The first-order valence-electron chi connectivity index (χ1n) is 9.89. The van der Waals surface area contributed by atoms with Gasteiger partial charge < -0.3 is 14.7 Å². The summed E-state index contributed by atoms with van der Waals surface area (Å²) in [5.41, 5.74) is 2.68. The molecule has 0 radical (unpaired) electrons. The Balaban J connectivity index is 1.81. The fourth-order valence-electron chi connectivity index (χ4n) is 3.92. The highest BCUT2D eigenvalue weighted by Gasteiger charge is 2.37. The van der Waals surface area contributed by atoms with Crippen molar-refractivity contribution in [3.63, 3.8) is 0 Å². The van der Waals surface area contributed by atoms with E-state index in [0.29, 0.717) is 35.7 Å². The van der Waals surface area contributed by atoms with Gasteiger partial charge in [0.25, 0.3) is 11.6 Å². The van der Waals surface area contributed by atoms with E-state index in [9.17, 15) is 9.59 Å². The van der Waals surface area contributed by atoms with Crippen LogP contribution in [0.15, 0.2) is 10.6 Å². The molecule has 2 aliphatic rings. The lowest BCUT2D eigenvalue weighted by Gasteiger charge is -2.37. The van der Waals surface area contributed by atoms with Gasteiger partial charge in [-0.05, 0) is 31.2 Å². The fourth-order valence-corrected chi connectivity index (χ4v) is 3.92. The maximum Gasteiger partial charge on any atom is 0.259 e. The number of hydrogen-bond acceptors (Lipinski definition) is 5. The number of aromatic nitrogens is 2. The Labute approximate surface area is 158 Å². The minimum absolute atomic E-state index is 0.0343. The highest BCUT2D eigenvalue weighted by atomic mass is 16.5. The van der Waals surface area contributed by atoms with Gasteiger partial charge in [0.05, 0.1) is 16.6 Å². The van der Waals surface area contributed by atoms with E-state index < -0.39 is 6.04 Å². The van der Waals surface area contributed by atoms with Crippen molar-refractivity contribution in [2.45, 2.75) is 58.4 Å². The highest BCUT2D eigenvalue weighted by molar-refractivity contribution is 6.07. The molecule has 1 saturated heterocycles. The minimum atomic E-state index is -0.465. The molecule has 27 heavy (non-hydrogen) atoms. The van der Waals surface area contributed by atoms with Crippen molar-refractivity contribution in [2.24, 2.45) is 5.92 Å². The molecule has 1 N–H and O–H groups in total. The molecule has 0 spiro atoms. The predicted octanol–water partition coefficient (Wildman–Crippen LogP) is 2.65. The summed E-state index contributed by atoms with van der Waals surface area (Å²) in [6, 6.07) is 1.44. The lowest BCUT2D eigenvalue weighted by Crippen LogP contribution is -2.59. The lowest BCUT2D eigenvalue weighted by molar-refractivity contribution is -0.129. The van der Waals surface area contributed by atoms with Crippen LogP contribution in [0, 0.1) is 5.92 Å². The molecule has 7 heteroatoms. The Morgan fingerprint density at radius 2 is 2.19 bits per heavy atom. The average molecular weight is 370 g/mol. The van der Waals surface area contributed by atoms with E-state index in [1.54, 1.807) is 4.90 Å². The third kappa shape index (κ3) is 3.19. The van der Waals surface area contributed by atoms with Gasteiger partial charge >= 0.3 is 0 Å². The first-order valence-corrected chi connectivity index (χ1v) is 9.89. The molecule has 2 fully saturated rings. The molecule has 1 atom stereocenters. The second-order valence-electron chi connectivity index (χ2n) is 7.91. The molecule has 2 amide bonds. The zero-order valence-electron chi connectivity index (χ0n) is 16.1. The van der Waals surface area contributed by atoms with Crippen LogP contribution < -0.4 is 5.32 Å². The summed E-state index contributed by atoms with van der Waals surface area (Å²) in [6.07, 6.45) is 3.80. The summed E-state index contributed by atoms with van der Waals surface area (Å²) in [5.74, 6) is 0.216. The largest absolute Gasteiger partial charge is 0.353 e. The van der Waals surface area contributed by atoms with Crippen molar-refractivity contribution in [1.82, 2.24) is 20.4 Å². The molecule has 3 heterocycles. The van der Waals surface area contributed by atoms with Crippen molar-refractivity contribution in [3.8, 4) is 0 Å². The van der Waals surface area contributed by atoms with Crippen LogP contribution in [0.25, 0.3) is 11.1 Å². The van der Waals surface area contributed by atoms with E-state index in [-0.39, 0.29) is 17.7 Å². The first-order chi connectivity index (χ1) is 13.0. The SMILES string of the molecule is CCCc1noc2nc(C3CC3)cc(C(=O)N3CCNC(=O)[C@@H]3C(C)C)c12. The maximum atomic E-state index is 13.6. The Bertz CT molecular complexity index is 885. The maximum absolute atomic E-state index is 13.6. The third-order valence-corrected chi connectivity index (χ3v) is 5.40. The van der Waals surface area contributed by atoms with Gasteiger partial charge in [-0.25, -0.2) is 4.98 Å². The summed E-state index contributed by atoms with van der Waals surface area (Å²) in [5, 5.41) is 7.76. The molecular formula is C20H26N4O3. The molecule has 0 unspecified atom stereocenters. The number of nitrogens with one attached hydrogen (secondary N) is 1. The van der Waals surface area contributed by atoms with Crippen molar-refractivity contribution in [2.75, 3.05) is 13.1 Å². The molecule has 0 bridgehead atoms. The zero-order chi connectivity index (χ0) is 19.1. The lowest BCUT2D eigenvalue weighted by atomic mass is 9.97. The van der Waals surface area contributed by atoms with Crippen LogP contribution in [-0.4, -0.2) is 46.0 Å². The number of hydrogen-bond donors (Lipinski definition) is 1. The Hall–Kier alpha value is -2.44. The number of piperazine rings is 1. The van der Waals surface area contributed by atoms with Crippen molar-refractivity contribution in [3.05, 3.63) is 23.0 Å². The Morgan fingerprint density at radius 3 is 2.85 bits per heavy atom. The number of pyridine rings is 1. The van der Waals surface area contributed by atoms with Crippen LogP contribution in [0.1, 0.15) is 67.7 Å². The van der Waals surface area contributed by atoms with E-state index in [1.807, 2.05) is 19.9 Å². The molecule has 1 aliphatic carbocycles. The molecule has 1 saturated carbocycles. The van der Waals surface area contributed by atoms with E-state index in [4.69, 9.17) is 4.52 Å². The first kappa shape index (κ1) is 17.9. The summed E-state index contributed by atoms with van der Waals surface area (Å²) >= 11 is 0. The Morgan fingerprint density at radius 1 is 1.41 bits per heavy atom. The zero-order valence-corrected chi connectivity index (χ0v) is 16.1. The molecule has 2 aromatic heterocycles. The number of aryl methyl sites for hydroxylation is 1. The standard InChI is InChI=1S/C20H26N4O3/c1-4-5-14-16-13(10-15(12-6-7-12)22-19(16)27-23-14)20(26)24-9-8-21-18(25)17(24)11(2)3/h10-12,17H,4-9H2,1-3H3,(H,21,25)/t17-/m0/s1. The highest BCUT2D eigenvalue weighted by Crippen LogP contribution is 2.41. The van der Waals surface area contributed by atoms with Gasteiger partial charge in [-0.1, -0.05) is 32.3 Å². The van der Waals surface area contributed by atoms with Crippen LogP contribution in [0.2, 0.25) is 0 Å². The van der Waals surface area contributed by atoms with Crippen molar-refractivity contribution < 1.29 is 14.1 Å². The molecule has 7 nitrogen and oxygen atoms in total. The van der Waals surface area contributed by atoms with Crippen LogP contribution in [0.3, 0.4) is 0 Å². The summed E-state index contributed by atoms with van der Waals surface area (Å²) in [7, 11) is 0. The van der Waals surface area contributed by atoms with Gasteiger partial charge in [-0.2, -0.15) is 0 Å². The normalized spacial score (nSPS) is 20.4. The summed E-state index contributed by atoms with van der Waals surface area (Å²) in [6.45, 7) is 6.98. The minimum Gasteiger partial charge on any atom is -0.353 e. The van der Waals surface area contributed by atoms with Crippen molar-refractivity contribution >= 4 is 22.9 Å². The number of carbonyl (C=O) groups is 2. The van der Waals surface area contributed by atoms with E-state index in [1.165, 1.54) is 0 Å². The molecule has 144 valence electrons. The number of fused-ring (bicyclic) bond motifs is 1. The Kier molecular flexibility index (Phi) is 4.61. The van der Waals surface area contributed by atoms with Gasteiger partial charge in [0.15, 0.2) is 0 Å². The third-order valence-electron chi connectivity index (χ3n) is 5.40. The van der Waals surface area contributed by atoms with Crippen LogP contribution >= 0.6 is 0 Å². The van der Waals surface area contributed by atoms with Gasteiger partial charge in [-0.15, -0.1) is 0 Å². The summed E-state index contributed by atoms with van der Waals surface area (Å²) < 4.78 is 5.48. The molecular weight excluding hydrogens is 344 g/mol. The second-order valence-corrected chi connectivity index (χ2v) is 7.91. The average Bonchev–Trinajstić information content (AvgIpc) is 3.42. The van der Waals surface area contributed by atoms with E-state index in [0.717, 1.165) is 37.1 Å². The van der Waals surface area contributed by atoms with Crippen molar-refractivity contribution in [1.29, 1.82) is 0 Å².